The molecule has 1 heterocycles. The summed E-state index contributed by atoms with van der Waals surface area (Å²) in [6, 6.07) is 19.0. The van der Waals surface area contributed by atoms with Gasteiger partial charge in [-0.3, -0.25) is 0 Å². The molecule has 0 unspecified atom stereocenters. The number of nitrogen functional groups attached to an aromatic ring is 1. The van der Waals surface area contributed by atoms with Crippen molar-refractivity contribution in [1.29, 1.82) is 0 Å². The highest BCUT2D eigenvalue weighted by Gasteiger charge is 2.26. The summed E-state index contributed by atoms with van der Waals surface area (Å²) in [6.45, 7) is 0. The lowest BCUT2D eigenvalue weighted by Gasteiger charge is -2.27. The third-order valence-electron chi connectivity index (χ3n) is 4.10. The number of anilines is 1. The standard InChI is InChI=1S/C18H15N3/c19-18-20-11-13-10-16(12-6-2-1-3-7-12)14-8-4-5-9-15(14)17(13)21-18/h1-9,11,16H,10H2,(H2,19,20,21)/t16-/m1/s1. The molecule has 0 saturated heterocycles. The van der Waals surface area contributed by atoms with Crippen molar-refractivity contribution in [2.75, 3.05) is 5.73 Å². The lowest BCUT2D eigenvalue weighted by atomic mass is 9.78. The van der Waals surface area contributed by atoms with E-state index in [0.717, 1.165) is 17.7 Å². The molecule has 0 fully saturated rings. The Morgan fingerprint density at radius 1 is 0.952 bits per heavy atom. The Morgan fingerprint density at radius 3 is 2.57 bits per heavy atom. The van der Waals surface area contributed by atoms with Crippen molar-refractivity contribution < 1.29 is 0 Å². The highest BCUT2D eigenvalue weighted by molar-refractivity contribution is 5.72. The fourth-order valence-electron chi connectivity index (χ4n) is 3.13. The first-order chi connectivity index (χ1) is 10.3. The highest BCUT2D eigenvalue weighted by Crippen LogP contribution is 2.41. The first-order valence-electron chi connectivity index (χ1n) is 7.08. The Kier molecular flexibility index (Phi) is 2.71. The minimum absolute atomic E-state index is 0.335. The van der Waals surface area contributed by atoms with E-state index >= 15 is 0 Å². The number of nitrogens with two attached hydrogens (primary N) is 1. The molecule has 3 nitrogen and oxygen atoms in total. The maximum absolute atomic E-state index is 5.76. The molecule has 102 valence electrons. The Balaban J connectivity index is 1.93. The molecular weight excluding hydrogens is 258 g/mol. The predicted molar refractivity (Wildman–Crippen MR) is 83.9 cm³/mol. The largest absolute Gasteiger partial charge is 0.368 e. The molecule has 2 N–H and O–H groups in total. The Bertz CT molecular complexity index is 797. The van der Waals surface area contributed by atoms with Gasteiger partial charge in [0.2, 0.25) is 5.95 Å². The minimum Gasteiger partial charge on any atom is -0.368 e. The van der Waals surface area contributed by atoms with E-state index in [0.29, 0.717) is 11.9 Å². The van der Waals surface area contributed by atoms with Crippen molar-refractivity contribution >= 4 is 5.95 Å². The second-order valence-electron chi connectivity index (χ2n) is 5.36. The van der Waals surface area contributed by atoms with Crippen LogP contribution in [0.3, 0.4) is 0 Å². The van der Waals surface area contributed by atoms with Crippen molar-refractivity contribution in [3.8, 4) is 11.3 Å². The zero-order valence-electron chi connectivity index (χ0n) is 11.5. The van der Waals surface area contributed by atoms with E-state index in [-0.39, 0.29) is 0 Å². The smallest absolute Gasteiger partial charge is 0.220 e. The van der Waals surface area contributed by atoms with Gasteiger partial charge >= 0.3 is 0 Å². The molecule has 1 aromatic heterocycles. The lowest BCUT2D eigenvalue weighted by Crippen LogP contribution is -2.14. The van der Waals surface area contributed by atoms with Crippen LogP contribution in [0.4, 0.5) is 5.95 Å². The van der Waals surface area contributed by atoms with Crippen LogP contribution in [0.15, 0.2) is 60.8 Å². The quantitative estimate of drug-likeness (QED) is 0.739. The summed E-state index contributed by atoms with van der Waals surface area (Å²) in [4.78, 5) is 8.61. The van der Waals surface area contributed by atoms with Gasteiger partial charge in [-0.2, -0.15) is 0 Å². The van der Waals surface area contributed by atoms with Crippen LogP contribution in [0.1, 0.15) is 22.6 Å². The Hall–Kier alpha value is -2.68. The van der Waals surface area contributed by atoms with Crippen molar-refractivity contribution in [2.24, 2.45) is 0 Å². The molecule has 0 spiro atoms. The number of fused-ring (bicyclic) bond motifs is 3. The summed E-state index contributed by atoms with van der Waals surface area (Å²) in [6.07, 6.45) is 2.78. The van der Waals surface area contributed by atoms with Gasteiger partial charge in [0, 0.05) is 17.7 Å². The second-order valence-corrected chi connectivity index (χ2v) is 5.36. The predicted octanol–water partition coefficient (Wildman–Crippen LogP) is 3.41. The van der Waals surface area contributed by atoms with Gasteiger partial charge in [-0.25, -0.2) is 9.97 Å². The Labute approximate surface area is 123 Å². The minimum atomic E-state index is 0.335. The van der Waals surface area contributed by atoms with Crippen molar-refractivity contribution in [2.45, 2.75) is 12.3 Å². The zero-order valence-corrected chi connectivity index (χ0v) is 11.5. The summed E-state index contributed by atoms with van der Waals surface area (Å²) in [5.41, 5.74) is 11.7. The first-order valence-corrected chi connectivity index (χ1v) is 7.08. The fraction of sp³-hybridized carbons (Fsp3) is 0.111. The second kappa shape index (κ2) is 4.70. The van der Waals surface area contributed by atoms with Gasteiger partial charge in [-0.1, -0.05) is 54.6 Å². The van der Waals surface area contributed by atoms with Crippen LogP contribution >= 0.6 is 0 Å². The van der Waals surface area contributed by atoms with E-state index in [9.17, 15) is 0 Å². The molecule has 0 saturated carbocycles. The SMILES string of the molecule is Nc1ncc2c(n1)-c1ccccc1[C@@H](c1ccccc1)C2. The number of hydrogen-bond donors (Lipinski definition) is 1. The Morgan fingerprint density at radius 2 is 1.71 bits per heavy atom. The number of benzene rings is 2. The highest BCUT2D eigenvalue weighted by atomic mass is 15.0. The topological polar surface area (TPSA) is 51.8 Å². The summed E-state index contributed by atoms with van der Waals surface area (Å²) < 4.78 is 0. The molecule has 3 heteroatoms. The third-order valence-corrected chi connectivity index (χ3v) is 4.10. The molecule has 21 heavy (non-hydrogen) atoms. The molecule has 0 amide bonds. The molecule has 1 aliphatic rings. The molecular formula is C18H15N3. The van der Waals surface area contributed by atoms with Crippen LogP contribution in [-0.2, 0) is 6.42 Å². The van der Waals surface area contributed by atoms with Crippen LogP contribution < -0.4 is 5.73 Å². The average molecular weight is 273 g/mol. The van der Waals surface area contributed by atoms with Crippen molar-refractivity contribution in [3.05, 3.63) is 77.5 Å². The van der Waals surface area contributed by atoms with Crippen molar-refractivity contribution in [1.82, 2.24) is 9.97 Å². The van der Waals surface area contributed by atoms with Gasteiger partial charge in [0.25, 0.3) is 0 Å². The van der Waals surface area contributed by atoms with Gasteiger partial charge in [-0.05, 0) is 23.1 Å². The van der Waals surface area contributed by atoms with E-state index in [1.807, 2.05) is 12.3 Å². The van der Waals surface area contributed by atoms with E-state index < -0.39 is 0 Å². The van der Waals surface area contributed by atoms with Gasteiger partial charge < -0.3 is 5.73 Å². The summed E-state index contributed by atoms with van der Waals surface area (Å²) >= 11 is 0. The third kappa shape index (κ3) is 1.98. The monoisotopic (exact) mass is 273 g/mol. The van der Waals surface area contributed by atoms with E-state index in [2.05, 4.69) is 58.5 Å². The van der Waals surface area contributed by atoms with Crippen molar-refractivity contribution in [3.63, 3.8) is 0 Å². The molecule has 1 atom stereocenters. The van der Waals surface area contributed by atoms with E-state index in [1.165, 1.54) is 16.7 Å². The molecule has 3 aromatic rings. The lowest BCUT2D eigenvalue weighted by molar-refractivity contribution is 0.782. The van der Waals surface area contributed by atoms with Crippen LogP contribution in [0.5, 0.6) is 0 Å². The number of nitrogens with zero attached hydrogens (tertiary/aromatic N) is 2. The van der Waals surface area contributed by atoms with Crippen LogP contribution in [0, 0.1) is 0 Å². The van der Waals surface area contributed by atoms with E-state index in [4.69, 9.17) is 5.73 Å². The maximum atomic E-state index is 5.76. The normalized spacial score (nSPS) is 16.1. The average Bonchev–Trinajstić information content (AvgIpc) is 2.55. The molecule has 4 rings (SSSR count). The molecule has 0 aliphatic heterocycles. The van der Waals surface area contributed by atoms with Crippen LogP contribution in [-0.4, -0.2) is 9.97 Å². The number of hydrogen-bond acceptors (Lipinski definition) is 3. The zero-order chi connectivity index (χ0) is 14.2. The van der Waals surface area contributed by atoms with Gasteiger partial charge in [0.1, 0.15) is 0 Å². The van der Waals surface area contributed by atoms with E-state index in [1.54, 1.807) is 0 Å². The van der Waals surface area contributed by atoms with Gasteiger partial charge in [-0.15, -0.1) is 0 Å². The van der Waals surface area contributed by atoms with Crippen LogP contribution in [0.2, 0.25) is 0 Å². The first kappa shape index (κ1) is 12.1. The summed E-state index contributed by atoms with van der Waals surface area (Å²) in [7, 11) is 0. The van der Waals surface area contributed by atoms with Crippen LogP contribution in [0.25, 0.3) is 11.3 Å². The molecule has 0 radical (unpaired) electrons. The number of rotatable bonds is 1. The molecule has 0 bridgehead atoms. The molecule has 1 aliphatic carbocycles. The fourth-order valence-corrected chi connectivity index (χ4v) is 3.13. The number of aromatic nitrogens is 2. The summed E-state index contributed by atoms with van der Waals surface area (Å²) in [5, 5.41) is 0. The molecule has 2 aromatic carbocycles. The van der Waals surface area contributed by atoms with Gasteiger partial charge in [0.05, 0.1) is 5.69 Å². The maximum Gasteiger partial charge on any atom is 0.220 e. The van der Waals surface area contributed by atoms with Gasteiger partial charge in [0.15, 0.2) is 0 Å². The summed E-state index contributed by atoms with van der Waals surface area (Å²) in [5.74, 6) is 0.684.